The number of carbonyl (C=O) groups is 2. The zero-order valence-electron chi connectivity index (χ0n) is 14.2. The van der Waals surface area contributed by atoms with Gasteiger partial charge in [-0.05, 0) is 38.5 Å². The van der Waals surface area contributed by atoms with E-state index >= 15 is 0 Å². The quantitative estimate of drug-likeness (QED) is 0.397. The van der Waals surface area contributed by atoms with E-state index in [-0.39, 0.29) is 10.6 Å². The van der Waals surface area contributed by atoms with Gasteiger partial charge in [-0.3, -0.25) is 0 Å². The zero-order valence-corrected chi connectivity index (χ0v) is 15.7. The molecule has 10 heteroatoms. The van der Waals surface area contributed by atoms with Crippen LogP contribution in [-0.4, -0.2) is 33.1 Å². The first-order valence-corrected chi connectivity index (χ1v) is 9.50. The molecule has 8 nitrogen and oxygen atoms in total. The molecule has 0 aliphatic heterocycles. The van der Waals surface area contributed by atoms with Crippen LogP contribution in [-0.2, 0) is 19.6 Å². The maximum absolute atomic E-state index is 12.4. The van der Waals surface area contributed by atoms with Gasteiger partial charge >= 0.3 is 12.1 Å². The minimum absolute atomic E-state index is 0.0795. The Morgan fingerprint density at radius 1 is 1.28 bits per heavy atom. The molecule has 0 saturated heterocycles. The molecule has 0 aromatic heterocycles. The summed E-state index contributed by atoms with van der Waals surface area (Å²) < 4.78 is 31.5. The predicted molar refractivity (Wildman–Crippen MR) is 91.7 cm³/mol. The molecule has 0 fully saturated rings. The third-order valence-electron chi connectivity index (χ3n) is 2.81. The molecule has 0 radical (unpaired) electrons. The second-order valence-electron chi connectivity index (χ2n) is 5.34. The molecule has 0 bridgehead atoms. The lowest BCUT2D eigenvalue weighted by Gasteiger charge is -2.13. The number of carbonyl (C=O) groups excluding carboxylic acids is 2. The highest BCUT2D eigenvalue weighted by Gasteiger charge is 2.26. The summed E-state index contributed by atoms with van der Waals surface area (Å²) in [5.41, 5.74) is 2.10. The number of unbranched alkanes of at least 4 members (excludes halogenated alkanes) is 1. The second-order valence-corrected chi connectivity index (χ2v) is 7.42. The van der Waals surface area contributed by atoms with Gasteiger partial charge in [0.15, 0.2) is 0 Å². The first-order valence-electron chi connectivity index (χ1n) is 7.64. The molecule has 0 spiro atoms. The molecule has 1 amide bonds. The lowest BCUT2D eigenvalue weighted by Crippen LogP contribution is -2.36. The normalized spacial score (nSPS) is 11.2. The Kier molecular flexibility index (Phi) is 8.14. The fraction of sp³-hybridized carbons (Fsp3) is 0.467. The van der Waals surface area contributed by atoms with Gasteiger partial charge in [0, 0.05) is 11.6 Å². The van der Waals surface area contributed by atoms with Crippen molar-refractivity contribution in [1.82, 2.24) is 10.2 Å². The Morgan fingerprint density at radius 2 is 1.96 bits per heavy atom. The predicted octanol–water partition coefficient (Wildman–Crippen LogP) is 2.62. The van der Waals surface area contributed by atoms with Crippen molar-refractivity contribution in [2.75, 3.05) is 6.54 Å². The molecule has 0 unspecified atom stereocenters. The van der Waals surface area contributed by atoms with Gasteiger partial charge in [-0.25, -0.2) is 22.7 Å². The van der Waals surface area contributed by atoms with E-state index in [2.05, 4.69) is 10.3 Å². The molecule has 0 heterocycles. The summed E-state index contributed by atoms with van der Waals surface area (Å²) in [6.45, 7) is 5.58. The molecule has 25 heavy (non-hydrogen) atoms. The number of amides is 1. The van der Waals surface area contributed by atoms with Gasteiger partial charge in [0.1, 0.15) is 4.90 Å². The number of hydrogen-bond acceptors (Lipinski definition) is 7. The van der Waals surface area contributed by atoms with E-state index in [9.17, 15) is 18.0 Å². The number of benzene rings is 1. The van der Waals surface area contributed by atoms with Crippen LogP contribution in [0.2, 0.25) is 5.02 Å². The number of halogens is 1. The van der Waals surface area contributed by atoms with Crippen LogP contribution in [0.3, 0.4) is 0 Å². The molecule has 0 atom stereocenters. The van der Waals surface area contributed by atoms with Crippen molar-refractivity contribution in [3.8, 4) is 0 Å². The Labute approximate surface area is 151 Å². The Balaban J connectivity index is 2.98. The van der Waals surface area contributed by atoms with Crippen LogP contribution in [0.5, 0.6) is 0 Å². The highest BCUT2D eigenvalue weighted by molar-refractivity contribution is 7.90. The summed E-state index contributed by atoms with van der Waals surface area (Å²) in [7, 11) is -4.39. The van der Waals surface area contributed by atoms with Gasteiger partial charge in [0.25, 0.3) is 10.0 Å². The van der Waals surface area contributed by atoms with Crippen LogP contribution in [0.25, 0.3) is 0 Å². The van der Waals surface area contributed by atoms with Gasteiger partial charge in [0.05, 0.1) is 11.7 Å². The summed E-state index contributed by atoms with van der Waals surface area (Å²) in [4.78, 5) is 27.8. The van der Waals surface area contributed by atoms with Crippen molar-refractivity contribution < 1.29 is 27.6 Å². The van der Waals surface area contributed by atoms with Crippen LogP contribution >= 0.6 is 11.6 Å². The van der Waals surface area contributed by atoms with E-state index in [4.69, 9.17) is 16.3 Å². The number of rotatable bonds is 8. The number of hydrogen-bond donors (Lipinski definition) is 2. The lowest BCUT2D eigenvalue weighted by molar-refractivity contribution is 0.0373. The molecular weight excluding hydrogens is 372 g/mol. The fourth-order valence-electron chi connectivity index (χ4n) is 1.72. The molecule has 1 aromatic rings. The highest BCUT2D eigenvalue weighted by atomic mass is 35.5. The van der Waals surface area contributed by atoms with Crippen molar-refractivity contribution >= 4 is 33.7 Å². The number of ether oxygens (including phenoxy) is 1. The van der Waals surface area contributed by atoms with E-state index < -0.39 is 33.1 Å². The molecule has 0 saturated carbocycles. The SMILES string of the molecule is CCCCNOC(=O)NS(=O)(=O)c1cc(Cl)ccc1C(=O)OC(C)C. The summed E-state index contributed by atoms with van der Waals surface area (Å²) >= 11 is 5.82. The summed E-state index contributed by atoms with van der Waals surface area (Å²) in [6, 6.07) is 3.62. The molecule has 0 aliphatic carbocycles. The molecule has 1 rings (SSSR count). The van der Waals surface area contributed by atoms with E-state index in [1.54, 1.807) is 18.6 Å². The van der Waals surface area contributed by atoms with Gasteiger partial charge in [-0.1, -0.05) is 24.9 Å². The van der Waals surface area contributed by atoms with E-state index in [1.807, 2.05) is 6.92 Å². The van der Waals surface area contributed by atoms with Crippen molar-refractivity contribution in [2.24, 2.45) is 0 Å². The van der Waals surface area contributed by atoms with Crippen molar-refractivity contribution in [2.45, 2.75) is 44.6 Å². The summed E-state index contributed by atoms with van der Waals surface area (Å²) in [6.07, 6.45) is -0.0433. The third kappa shape index (κ3) is 6.89. The van der Waals surface area contributed by atoms with Crippen LogP contribution in [0, 0.1) is 0 Å². The van der Waals surface area contributed by atoms with Gasteiger partial charge in [-0.2, -0.15) is 5.48 Å². The lowest BCUT2D eigenvalue weighted by atomic mass is 10.2. The summed E-state index contributed by atoms with van der Waals surface area (Å²) in [5.74, 6) is -0.846. The average Bonchev–Trinajstić information content (AvgIpc) is 2.50. The highest BCUT2D eigenvalue weighted by Crippen LogP contribution is 2.22. The fourth-order valence-corrected chi connectivity index (χ4v) is 3.05. The second kappa shape index (κ2) is 9.59. The Morgan fingerprint density at radius 3 is 2.56 bits per heavy atom. The molecular formula is C15H21ClN2O6S. The van der Waals surface area contributed by atoms with E-state index in [1.165, 1.54) is 12.1 Å². The van der Waals surface area contributed by atoms with Gasteiger partial charge < -0.3 is 9.57 Å². The van der Waals surface area contributed by atoms with Gasteiger partial charge in [-0.15, -0.1) is 0 Å². The van der Waals surface area contributed by atoms with Crippen LogP contribution in [0.15, 0.2) is 23.1 Å². The van der Waals surface area contributed by atoms with E-state index in [0.717, 1.165) is 18.9 Å². The molecule has 0 aliphatic rings. The van der Waals surface area contributed by atoms with Crippen LogP contribution in [0.4, 0.5) is 4.79 Å². The first kappa shape index (κ1) is 21.2. The first-order chi connectivity index (χ1) is 11.7. The smallest absolute Gasteiger partial charge is 0.440 e. The Bertz CT molecular complexity index is 721. The maximum Gasteiger partial charge on any atom is 0.440 e. The van der Waals surface area contributed by atoms with Gasteiger partial charge in [0.2, 0.25) is 0 Å². The number of sulfonamides is 1. The summed E-state index contributed by atoms with van der Waals surface area (Å²) in [5, 5.41) is 0.0795. The Hall–Kier alpha value is -1.84. The van der Waals surface area contributed by atoms with Crippen LogP contribution in [0.1, 0.15) is 44.0 Å². The number of nitrogens with one attached hydrogen (secondary N) is 2. The van der Waals surface area contributed by atoms with Crippen LogP contribution < -0.4 is 10.2 Å². The standard InChI is InChI=1S/C15H21ClN2O6S/c1-4-5-8-17-24-15(20)18-25(21,22)13-9-11(16)6-7-12(13)14(19)23-10(2)3/h6-7,9-10,17H,4-5,8H2,1-3H3,(H,18,20). The molecule has 2 N–H and O–H groups in total. The maximum atomic E-state index is 12.4. The van der Waals surface area contributed by atoms with Crippen molar-refractivity contribution in [3.63, 3.8) is 0 Å². The molecule has 1 aromatic carbocycles. The minimum Gasteiger partial charge on any atom is -0.459 e. The zero-order chi connectivity index (χ0) is 19.0. The monoisotopic (exact) mass is 392 g/mol. The van der Waals surface area contributed by atoms with Crippen molar-refractivity contribution in [1.29, 1.82) is 0 Å². The van der Waals surface area contributed by atoms with Crippen molar-refractivity contribution in [3.05, 3.63) is 28.8 Å². The minimum atomic E-state index is -4.39. The average molecular weight is 393 g/mol. The molecule has 140 valence electrons. The number of esters is 1. The van der Waals surface area contributed by atoms with E-state index in [0.29, 0.717) is 6.54 Å². The topological polar surface area (TPSA) is 111 Å². The third-order valence-corrected chi connectivity index (χ3v) is 4.40. The largest absolute Gasteiger partial charge is 0.459 e. The number of hydroxylamine groups is 1.